The fourth-order valence-electron chi connectivity index (χ4n) is 2.27. The average molecular weight is 500 g/mol. The van der Waals surface area contributed by atoms with Gasteiger partial charge in [-0.05, 0) is 42.3 Å². The number of hydrogen-bond acceptors (Lipinski definition) is 3. The van der Waals surface area contributed by atoms with Crippen LogP contribution in [0.5, 0.6) is 5.75 Å². The summed E-state index contributed by atoms with van der Waals surface area (Å²) < 4.78 is 18.0. The van der Waals surface area contributed by atoms with Crippen LogP contribution in [0.15, 0.2) is 53.5 Å². The lowest BCUT2D eigenvalue weighted by Crippen LogP contribution is -2.43. The fraction of sp³-hybridized carbons (Fsp3) is 0.300. The molecule has 2 aromatic rings. The Labute approximate surface area is 182 Å². The zero-order valence-electron chi connectivity index (χ0n) is 16.0. The first-order valence-corrected chi connectivity index (χ1v) is 8.77. The molecule has 0 aliphatic heterocycles. The van der Waals surface area contributed by atoms with Gasteiger partial charge in [0.25, 0.3) is 0 Å². The van der Waals surface area contributed by atoms with E-state index in [4.69, 9.17) is 4.74 Å². The second kappa shape index (κ2) is 12.9. The van der Waals surface area contributed by atoms with Gasteiger partial charge >= 0.3 is 0 Å². The number of nitrogens with one attached hydrogen (secondary N) is 3. The molecule has 0 heterocycles. The van der Waals surface area contributed by atoms with Gasteiger partial charge in [-0.2, -0.15) is 0 Å². The van der Waals surface area contributed by atoms with Crippen molar-refractivity contribution >= 4 is 35.8 Å². The average Bonchev–Trinajstić information content (AvgIpc) is 2.70. The maximum Gasteiger partial charge on any atom is 0.239 e. The first-order chi connectivity index (χ1) is 13.1. The molecule has 0 aliphatic rings. The van der Waals surface area contributed by atoms with Crippen LogP contribution in [0.2, 0.25) is 0 Å². The highest BCUT2D eigenvalue weighted by molar-refractivity contribution is 14.0. The van der Waals surface area contributed by atoms with E-state index in [9.17, 15) is 9.18 Å². The highest BCUT2D eigenvalue weighted by Gasteiger charge is 2.04. The number of guanidine groups is 1. The van der Waals surface area contributed by atoms with E-state index in [2.05, 4.69) is 20.9 Å². The third-order valence-electron chi connectivity index (χ3n) is 3.74. The van der Waals surface area contributed by atoms with Gasteiger partial charge in [-0.3, -0.25) is 4.79 Å². The van der Waals surface area contributed by atoms with Gasteiger partial charge in [0, 0.05) is 13.1 Å². The zero-order valence-corrected chi connectivity index (χ0v) is 18.3. The van der Waals surface area contributed by atoms with Gasteiger partial charge in [0.1, 0.15) is 11.6 Å². The van der Waals surface area contributed by atoms with Crippen molar-refractivity contribution in [1.82, 2.24) is 16.0 Å². The number of carbonyl (C=O) groups excluding carboxylic acids is 1. The molecule has 0 saturated heterocycles. The van der Waals surface area contributed by atoms with Crippen LogP contribution in [0.4, 0.5) is 4.39 Å². The summed E-state index contributed by atoms with van der Waals surface area (Å²) in [5, 5.41) is 8.91. The maximum absolute atomic E-state index is 12.9. The molecule has 0 unspecified atom stereocenters. The maximum atomic E-state index is 12.9. The van der Waals surface area contributed by atoms with Crippen LogP contribution in [0.1, 0.15) is 18.1 Å². The van der Waals surface area contributed by atoms with Crippen LogP contribution in [0.25, 0.3) is 0 Å². The quantitative estimate of drug-likeness (QED) is 0.296. The molecule has 0 aromatic heterocycles. The second-order valence-electron chi connectivity index (χ2n) is 5.80. The van der Waals surface area contributed by atoms with Crippen LogP contribution in [-0.2, 0) is 17.9 Å². The summed E-state index contributed by atoms with van der Waals surface area (Å²) in [6, 6.07) is 13.7. The molecule has 0 fully saturated rings. The van der Waals surface area contributed by atoms with Crippen molar-refractivity contribution in [3.63, 3.8) is 0 Å². The first kappa shape index (κ1) is 23.7. The SMILES string of the molecule is CCNC(=NCc1ccc(F)cc1)NCC(=O)NCc1ccc(OC)cc1.I. The van der Waals surface area contributed by atoms with E-state index in [1.807, 2.05) is 31.2 Å². The first-order valence-electron chi connectivity index (χ1n) is 8.77. The van der Waals surface area contributed by atoms with Crippen molar-refractivity contribution in [3.8, 4) is 5.75 Å². The summed E-state index contributed by atoms with van der Waals surface area (Å²) >= 11 is 0. The number of nitrogens with zero attached hydrogens (tertiary/aromatic N) is 1. The number of carbonyl (C=O) groups is 1. The third kappa shape index (κ3) is 8.55. The third-order valence-corrected chi connectivity index (χ3v) is 3.74. The number of aliphatic imine (C=N–C) groups is 1. The standard InChI is InChI=1S/C20H25FN4O2.HI/c1-3-22-20(24-13-15-4-8-17(21)9-5-15)25-14-19(26)23-12-16-6-10-18(27-2)11-7-16;/h4-11H,3,12-14H2,1-2H3,(H,23,26)(H2,22,24,25);1H. The van der Waals surface area contributed by atoms with E-state index in [0.29, 0.717) is 25.6 Å². The number of hydrogen-bond donors (Lipinski definition) is 3. The Hall–Kier alpha value is -2.36. The number of halogens is 2. The van der Waals surface area contributed by atoms with Crippen molar-refractivity contribution in [2.24, 2.45) is 4.99 Å². The van der Waals surface area contributed by atoms with Gasteiger partial charge in [-0.1, -0.05) is 24.3 Å². The topological polar surface area (TPSA) is 74.8 Å². The smallest absolute Gasteiger partial charge is 0.239 e. The Balaban J connectivity index is 0.00000392. The van der Waals surface area contributed by atoms with Crippen molar-refractivity contribution in [1.29, 1.82) is 0 Å². The highest BCUT2D eigenvalue weighted by atomic mass is 127. The van der Waals surface area contributed by atoms with Gasteiger partial charge in [-0.25, -0.2) is 9.38 Å². The largest absolute Gasteiger partial charge is 0.497 e. The lowest BCUT2D eigenvalue weighted by atomic mass is 10.2. The highest BCUT2D eigenvalue weighted by Crippen LogP contribution is 2.10. The second-order valence-corrected chi connectivity index (χ2v) is 5.80. The molecular weight excluding hydrogens is 474 g/mol. The van der Waals surface area contributed by atoms with Crippen molar-refractivity contribution in [2.45, 2.75) is 20.0 Å². The molecule has 0 bridgehead atoms. The van der Waals surface area contributed by atoms with E-state index in [1.54, 1.807) is 19.2 Å². The monoisotopic (exact) mass is 500 g/mol. The number of benzene rings is 2. The predicted molar refractivity (Wildman–Crippen MR) is 119 cm³/mol. The van der Waals surface area contributed by atoms with Crippen molar-refractivity contribution in [3.05, 3.63) is 65.5 Å². The minimum Gasteiger partial charge on any atom is -0.497 e. The lowest BCUT2D eigenvalue weighted by molar-refractivity contribution is -0.120. The van der Waals surface area contributed by atoms with E-state index in [1.165, 1.54) is 12.1 Å². The number of rotatable bonds is 8. The van der Waals surface area contributed by atoms with Gasteiger partial charge in [0.15, 0.2) is 5.96 Å². The molecule has 0 saturated carbocycles. The zero-order chi connectivity index (χ0) is 19.5. The van der Waals surface area contributed by atoms with Crippen LogP contribution >= 0.6 is 24.0 Å². The Bertz CT molecular complexity index is 752. The Morgan fingerprint density at radius 1 is 1.00 bits per heavy atom. The van der Waals surface area contributed by atoms with Crippen molar-refractivity contribution < 1.29 is 13.9 Å². The Morgan fingerprint density at radius 3 is 2.25 bits per heavy atom. The van der Waals surface area contributed by atoms with Crippen LogP contribution < -0.4 is 20.7 Å². The lowest BCUT2D eigenvalue weighted by Gasteiger charge is -2.12. The van der Waals surface area contributed by atoms with Crippen LogP contribution in [-0.4, -0.2) is 32.1 Å². The molecule has 0 aliphatic carbocycles. The van der Waals surface area contributed by atoms with E-state index >= 15 is 0 Å². The normalized spacial score (nSPS) is 10.6. The Morgan fingerprint density at radius 2 is 1.64 bits per heavy atom. The van der Waals surface area contributed by atoms with Crippen LogP contribution in [0.3, 0.4) is 0 Å². The molecular formula is C20H26FIN4O2. The summed E-state index contributed by atoms with van der Waals surface area (Å²) in [6.45, 7) is 3.55. The number of methoxy groups -OCH3 is 1. The molecule has 1 amide bonds. The van der Waals surface area contributed by atoms with E-state index in [-0.39, 0.29) is 42.2 Å². The fourth-order valence-corrected chi connectivity index (χ4v) is 2.27. The molecule has 152 valence electrons. The number of amides is 1. The van der Waals surface area contributed by atoms with Crippen molar-refractivity contribution in [2.75, 3.05) is 20.2 Å². The predicted octanol–water partition coefficient (Wildman–Crippen LogP) is 2.82. The number of ether oxygens (including phenoxy) is 1. The van der Waals surface area contributed by atoms with Gasteiger partial charge in [0.2, 0.25) is 5.91 Å². The molecule has 0 radical (unpaired) electrons. The summed E-state index contributed by atoms with van der Waals surface area (Å²) in [7, 11) is 1.61. The molecule has 8 heteroatoms. The molecule has 6 nitrogen and oxygen atoms in total. The summed E-state index contributed by atoms with van der Waals surface area (Å²) in [5.74, 6) is 0.889. The minimum absolute atomic E-state index is 0. The van der Waals surface area contributed by atoms with E-state index in [0.717, 1.165) is 16.9 Å². The van der Waals surface area contributed by atoms with Gasteiger partial charge in [-0.15, -0.1) is 24.0 Å². The van der Waals surface area contributed by atoms with E-state index < -0.39 is 0 Å². The molecule has 0 atom stereocenters. The van der Waals surface area contributed by atoms with Crippen LogP contribution in [0, 0.1) is 5.82 Å². The summed E-state index contributed by atoms with van der Waals surface area (Å²) in [5.41, 5.74) is 1.87. The molecule has 2 rings (SSSR count). The summed E-state index contributed by atoms with van der Waals surface area (Å²) in [6.07, 6.45) is 0. The molecule has 2 aromatic carbocycles. The molecule has 28 heavy (non-hydrogen) atoms. The van der Waals surface area contributed by atoms with Gasteiger partial charge < -0.3 is 20.7 Å². The Kier molecular flexibility index (Phi) is 10.9. The summed E-state index contributed by atoms with van der Waals surface area (Å²) in [4.78, 5) is 16.4. The van der Waals surface area contributed by atoms with Gasteiger partial charge in [0.05, 0.1) is 20.2 Å². The minimum atomic E-state index is -0.277. The molecule has 3 N–H and O–H groups in total. The molecule has 0 spiro atoms.